The molecule has 2 aromatic rings. The van der Waals surface area contributed by atoms with Gasteiger partial charge in [0.25, 0.3) is 0 Å². The second-order valence-electron chi connectivity index (χ2n) is 19.2. The highest BCUT2D eigenvalue weighted by molar-refractivity contribution is 5.86. The van der Waals surface area contributed by atoms with Crippen molar-refractivity contribution in [3.8, 4) is 11.3 Å². The van der Waals surface area contributed by atoms with Gasteiger partial charge in [-0.1, -0.05) is 91.0 Å². The third kappa shape index (κ3) is 5.33. The molecular formula is C45H65N3O3. The highest BCUT2D eigenvalue weighted by Gasteiger charge is 2.78. The zero-order chi connectivity index (χ0) is 36.7. The van der Waals surface area contributed by atoms with Crippen molar-refractivity contribution in [3.05, 3.63) is 54.5 Å². The molecule has 1 aromatic heterocycles. The van der Waals surface area contributed by atoms with E-state index in [4.69, 9.17) is 16.3 Å². The van der Waals surface area contributed by atoms with E-state index in [0.29, 0.717) is 17.8 Å². The lowest BCUT2D eigenvalue weighted by molar-refractivity contribution is -0.164. The maximum absolute atomic E-state index is 15.6. The van der Waals surface area contributed by atoms with E-state index in [1.54, 1.807) is 6.92 Å². The van der Waals surface area contributed by atoms with Gasteiger partial charge in [0.2, 0.25) is 5.91 Å². The van der Waals surface area contributed by atoms with E-state index in [-0.39, 0.29) is 52.1 Å². The monoisotopic (exact) mass is 696 g/mol. The average Bonchev–Trinajstić information content (AvgIpc) is 3.62. The number of benzene rings is 1. The molecule has 51 heavy (non-hydrogen) atoms. The summed E-state index contributed by atoms with van der Waals surface area (Å²) in [5.41, 5.74) is 2.17. The predicted molar refractivity (Wildman–Crippen MR) is 204 cm³/mol. The van der Waals surface area contributed by atoms with Crippen LogP contribution in [-0.2, 0) is 14.3 Å². The molecule has 7 rings (SSSR count). The van der Waals surface area contributed by atoms with Gasteiger partial charge in [0.1, 0.15) is 11.9 Å². The molecule has 6 heteroatoms. The lowest BCUT2D eigenvalue weighted by atomic mass is 9.43. The molecule has 1 heterocycles. The van der Waals surface area contributed by atoms with E-state index in [1.807, 2.05) is 24.4 Å². The van der Waals surface area contributed by atoms with Gasteiger partial charge in [-0.2, -0.15) is 0 Å². The van der Waals surface area contributed by atoms with Gasteiger partial charge in [0.15, 0.2) is 0 Å². The van der Waals surface area contributed by atoms with Crippen LogP contribution >= 0.6 is 0 Å². The van der Waals surface area contributed by atoms with E-state index < -0.39 is 5.41 Å². The summed E-state index contributed by atoms with van der Waals surface area (Å²) < 4.78 is 5.73. The van der Waals surface area contributed by atoms with Crippen LogP contribution in [0.5, 0.6) is 0 Å². The van der Waals surface area contributed by atoms with Crippen LogP contribution < -0.4 is 5.32 Å². The summed E-state index contributed by atoms with van der Waals surface area (Å²) in [4.78, 5) is 35.9. The predicted octanol–water partition coefficient (Wildman–Crippen LogP) is 10.3. The SMILES string of the molecule is C=C(C)C1(C)C2C3CCC4C5CCC(OC(C)=O)CC5CCC4C3CCC2(C(=O)N[C@H](c2ncc(-c3ccccc3)[nH]2)C(C)C)C(C)(C)C1(C)C. The molecule has 0 spiro atoms. The number of carbonyl (C=O) groups is 2. The second-order valence-corrected chi connectivity index (χ2v) is 19.2. The molecule has 5 aliphatic carbocycles. The third-order valence-corrected chi connectivity index (χ3v) is 16.9. The van der Waals surface area contributed by atoms with Crippen molar-refractivity contribution in [2.24, 2.45) is 69.0 Å². The Morgan fingerprint density at radius 2 is 1.49 bits per heavy atom. The number of esters is 1. The fourth-order valence-electron chi connectivity index (χ4n) is 13.7. The van der Waals surface area contributed by atoms with Crippen molar-refractivity contribution in [1.82, 2.24) is 15.3 Å². The normalized spacial score (nSPS) is 38.4. The zero-order valence-corrected chi connectivity index (χ0v) is 33.0. The van der Waals surface area contributed by atoms with Crippen molar-refractivity contribution >= 4 is 11.9 Å². The molecule has 0 radical (unpaired) electrons. The number of fused-ring (bicyclic) bond motifs is 7. The molecule has 0 aliphatic heterocycles. The lowest BCUT2D eigenvalue weighted by Crippen LogP contribution is -2.60. The van der Waals surface area contributed by atoms with Gasteiger partial charge in [0, 0.05) is 6.92 Å². The Morgan fingerprint density at radius 1 is 0.863 bits per heavy atom. The Kier molecular flexibility index (Phi) is 9.23. The van der Waals surface area contributed by atoms with Crippen molar-refractivity contribution in [2.45, 2.75) is 132 Å². The molecule has 278 valence electrons. The topological polar surface area (TPSA) is 84.1 Å². The van der Waals surface area contributed by atoms with Gasteiger partial charge in [-0.25, -0.2) is 4.98 Å². The number of aromatic nitrogens is 2. The summed E-state index contributed by atoms with van der Waals surface area (Å²) in [5, 5.41) is 3.71. The number of ether oxygens (including phenoxy) is 1. The zero-order valence-electron chi connectivity index (χ0n) is 33.0. The van der Waals surface area contributed by atoms with Crippen LogP contribution in [0.3, 0.4) is 0 Å². The van der Waals surface area contributed by atoms with Crippen molar-refractivity contribution in [1.29, 1.82) is 0 Å². The minimum atomic E-state index is -0.528. The van der Waals surface area contributed by atoms with Gasteiger partial charge in [-0.3, -0.25) is 9.59 Å². The van der Waals surface area contributed by atoms with Gasteiger partial charge >= 0.3 is 5.97 Å². The fourth-order valence-corrected chi connectivity index (χ4v) is 13.7. The Balaban J connectivity index is 1.22. The number of hydrogen-bond donors (Lipinski definition) is 2. The first-order valence-corrected chi connectivity index (χ1v) is 20.3. The first kappa shape index (κ1) is 36.5. The van der Waals surface area contributed by atoms with Gasteiger partial charge in [-0.05, 0) is 134 Å². The summed E-state index contributed by atoms with van der Waals surface area (Å²) in [6, 6.07) is 10.1. The van der Waals surface area contributed by atoms with E-state index in [1.165, 1.54) is 37.7 Å². The van der Waals surface area contributed by atoms with Crippen molar-refractivity contribution in [2.75, 3.05) is 0 Å². The molecule has 0 saturated heterocycles. The highest BCUT2D eigenvalue weighted by Crippen LogP contribution is 2.81. The van der Waals surface area contributed by atoms with Crippen LogP contribution in [-0.4, -0.2) is 27.9 Å². The van der Waals surface area contributed by atoms with Crippen LogP contribution in [0.1, 0.15) is 132 Å². The van der Waals surface area contributed by atoms with E-state index >= 15 is 4.79 Å². The molecule has 5 aliphatic rings. The average molecular weight is 696 g/mol. The Bertz CT molecular complexity index is 1640. The Labute approximate surface area is 307 Å². The Morgan fingerprint density at radius 3 is 2.16 bits per heavy atom. The van der Waals surface area contributed by atoms with Crippen LogP contribution in [0.2, 0.25) is 0 Å². The van der Waals surface area contributed by atoms with Crippen molar-refractivity contribution < 1.29 is 14.3 Å². The molecule has 5 saturated carbocycles. The highest BCUT2D eigenvalue weighted by atomic mass is 16.5. The molecule has 1 aromatic carbocycles. The molecule has 11 atom stereocenters. The van der Waals surface area contributed by atoms with Crippen molar-refractivity contribution in [3.63, 3.8) is 0 Å². The number of allylic oxidation sites excluding steroid dienone is 1. The van der Waals surface area contributed by atoms with Crippen LogP contribution in [0.4, 0.5) is 0 Å². The minimum absolute atomic E-state index is 0.102. The van der Waals surface area contributed by atoms with E-state index in [9.17, 15) is 4.79 Å². The molecule has 10 unspecified atom stereocenters. The summed E-state index contributed by atoms with van der Waals surface area (Å²) in [7, 11) is 0. The number of carbonyl (C=O) groups excluding carboxylic acids is 2. The maximum atomic E-state index is 15.6. The van der Waals surface area contributed by atoms with Crippen LogP contribution in [0, 0.1) is 69.0 Å². The van der Waals surface area contributed by atoms with Gasteiger partial charge in [0.05, 0.1) is 23.3 Å². The summed E-state index contributed by atoms with van der Waals surface area (Å²) in [6.07, 6.45) is 12.3. The number of H-pyrrole nitrogens is 1. The first-order valence-electron chi connectivity index (χ1n) is 20.3. The number of imidazole rings is 1. The molecular weight excluding hydrogens is 631 g/mol. The Hall–Kier alpha value is -2.89. The summed E-state index contributed by atoms with van der Waals surface area (Å²) >= 11 is 0. The van der Waals surface area contributed by atoms with E-state index in [2.05, 4.69) is 77.8 Å². The number of nitrogens with zero attached hydrogens (tertiary/aromatic N) is 1. The lowest BCUT2D eigenvalue weighted by Gasteiger charge is -2.61. The van der Waals surface area contributed by atoms with Gasteiger partial charge < -0.3 is 15.0 Å². The van der Waals surface area contributed by atoms with E-state index in [0.717, 1.165) is 60.5 Å². The van der Waals surface area contributed by atoms with Crippen LogP contribution in [0.25, 0.3) is 11.3 Å². The molecule has 5 fully saturated rings. The third-order valence-electron chi connectivity index (χ3n) is 16.9. The van der Waals surface area contributed by atoms with Gasteiger partial charge in [-0.15, -0.1) is 0 Å². The summed E-state index contributed by atoms with van der Waals surface area (Å²) in [5.74, 6) is 5.34. The number of hydrogen-bond acceptors (Lipinski definition) is 4. The standard InChI is InChI=1S/C45H65N3O3/c1-26(2)38(40-46-25-37(47-40)29-14-12-11-13-15-29)48-41(50)45-23-22-35-34-18-16-30-24-31(51-28(5)49)17-19-32(30)33(34)20-21-36(35)39(45)44(10,27(3)4)42(6,7)43(45,8)9/h11-15,25-26,30-36,38-39H,3,16-24H2,1-2,4-10H3,(H,46,47)(H,48,50)/t30?,31?,32?,33?,34?,35?,36?,38-,39?,44?,45?/m0/s1. The number of nitrogens with one attached hydrogen (secondary N) is 2. The smallest absolute Gasteiger partial charge is 0.302 e. The molecule has 1 amide bonds. The molecule has 6 nitrogen and oxygen atoms in total. The molecule has 0 bridgehead atoms. The fraction of sp³-hybridized carbons (Fsp3) is 0.711. The largest absolute Gasteiger partial charge is 0.463 e. The number of amides is 1. The quantitative estimate of drug-likeness (QED) is 0.223. The number of rotatable bonds is 7. The van der Waals surface area contributed by atoms with Crippen LogP contribution in [0.15, 0.2) is 48.7 Å². The first-order chi connectivity index (χ1) is 24.1. The summed E-state index contributed by atoms with van der Waals surface area (Å²) in [6.45, 7) is 25.1. The second kappa shape index (κ2) is 12.9. The number of aromatic amines is 1. The molecule has 2 N–H and O–H groups in total. The minimum Gasteiger partial charge on any atom is -0.463 e. The maximum Gasteiger partial charge on any atom is 0.302 e.